The lowest BCUT2D eigenvalue weighted by atomic mass is 9.91. The average molecular weight is 721 g/mol. The van der Waals surface area contributed by atoms with Crippen molar-refractivity contribution in [1.29, 1.82) is 0 Å². The van der Waals surface area contributed by atoms with Crippen LogP contribution in [-0.2, 0) is 30.5 Å². The number of carboxylic acids is 2. The molecule has 1 saturated carbocycles. The summed E-state index contributed by atoms with van der Waals surface area (Å²) in [6.45, 7) is 8.23. The average Bonchev–Trinajstić information content (AvgIpc) is 3.56. The zero-order chi connectivity index (χ0) is 35.8. The van der Waals surface area contributed by atoms with Crippen molar-refractivity contribution in [3.8, 4) is 0 Å². The Kier molecular flexibility index (Phi) is 16.8. The minimum absolute atomic E-state index is 0.0950. The molecule has 0 spiro atoms. The maximum absolute atomic E-state index is 13.6. The van der Waals surface area contributed by atoms with Gasteiger partial charge in [0.05, 0.1) is 5.88 Å². The number of ether oxygens (including phenoxy) is 1. The lowest BCUT2D eigenvalue weighted by Crippen LogP contribution is -2.57. The molecule has 2 aliphatic heterocycles. The molecule has 3 aliphatic rings. The molecule has 0 bridgehead atoms. The van der Waals surface area contributed by atoms with Crippen molar-refractivity contribution in [2.45, 2.75) is 96.0 Å². The smallest absolute Gasteiger partial charge is 0.411 e. The first-order valence-electron chi connectivity index (χ1n) is 17.0. The van der Waals surface area contributed by atoms with E-state index in [4.69, 9.17) is 14.9 Å². The van der Waals surface area contributed by atoms with E-state index in [1.807, 2.05) is 26.8 Å². The third-order valence-electron chi connectivity index (χ3n) is 8.36. The van der Waals surface area contributed by atoms with Gasteiger partial charge in [-0.2, -0.15) is 11.8 Å². The third-order valence-corrected chi connectivity index (χ3v) is 10.6. The van der Waals surface area contributed by atoms with E-state index in [2.05, 4.69) is 39.8 Å². The van der Waals surface area contributed by atoms with E-state index in [-0.39, 0.29) is 17.9 Å². The second-order valence-electron chi connectivity index (χ2n) is 13.6. The van der Waals surface area contributed by atoms with Crippen LogP contribution in [0.15, 0.2) is 42.5 Å². The molecule has 3 fully saturated rings. The van der Waals surface area contributed by atoms with Gasteiger partial charge in [0, 0.05) is 49.3 Å². The summed E-state index contributed by atoms with van der Waals surface area (Å²) in [6.07, 6.45) is 8.80. The van der Waals surface area contributed by atoms with Gasteiger partial charge in [0.2, 0.25) is 11.8 Å². The number of piperidine rings is 1. The molecule has 2 saturated heterocycles. The summed E-state index contributed by atoms with van der Waals surface area (Å²) in [5.41, 5.74) is 0.665. The molecule has 3 amide bonds. The molecular weight excluding hydrogens is 669 g/mol. The van der Waals surface area contributed by atoms with E-state index in [1.54, 1.807) is 11.8 Å². The van der Waals surface area contributed by atoms with Crippen molar-refractivity contribution in [3.63, 3.8) is 0 Å². The highest BCUT2D eigenvalue weighted by atomic mass is 32.2. The van der Waals surface area contributed by atoms with Crippen LogP contribution in [0.1, 0.15) is 71.3 Å². The third kappa shape index (κ3) is 15.5. The lowest BCUT2D eigenvalue weighted by molar-refractivity contribution is -0.134. The zero-order valence-electron chi connectivity index (χ0n) is 28.8. The predicted octanol–water partition coefficient (Wildman–Crippen LogP) is 4.59. The fourth-order valence-electron chi connectivity index (χ4n) is 5.84. The van der Waals surface area contributed by atoms with Crippen molar-refractivity contribution < 1.29 is 38.9 Å². The van der Waals surface area contributed by atoms with Gasteiger partial charge in [-0.1, -0.05) is 49.6 Å². The highest BCUT2D eigenvalue weighted by Crippen LogP contribution is 2.28. The van der Waals surface area contributed by atoms with E-state index in [0.29, 0.717) is 35.5 Å². The molecule has 49 heavy (non-hydrogen) atoms. The van der Waals surface area contributed by atoms with Crippen molar-refractivity contribution >= 4 is 53.4 Å². The van der Waals surface area contributed by atoms with E-state index in [9.17, 15) is 24.0 Å². The van der Waals surface area contributed by atoms with Crippen LogP contribution in [0, 0.1) is 5.92 Å². The summed E-state index contributed by atoms with van der Waals surface area (Å²) >= 11 is 3.29. The Balaban J connectivity index is 0.000000723. The summed E-state index contributed by atoms with van der Waals surface area (Å²) in [4.78, 5) is 62.8. The van der Waals surface area contributed by atoms with Crippen LogP contribution < -0.4 is 10.6 Å². The normalized spacial score (nSPS) is 19.8. The molecule has 14 heteroatoms. The molecule has 1 aliphatic carbocycles. The largest absolute Gasteiger partial charge is 0.478 e. The molecule has 12 nitrogen and oxygen atoms in total. The SMILES string of the molecule is CC(C)(C)OC(=O)N1CSC[C@H]1C(=O)N[C@@H](CSCC1CCCCC1)C(=O)NC1CCN(Cc2ccccc2)CC1.O=C(O)/C=C/C(=O)O. The first-order valence-corrected chi connectivity index (χ1v) is 19.3. The van der Waals surface area contributed by atoms with Crippen LogP contribution in [0.5, 0.6) is 0 Å². The Morgan fingerprint density at radius 3 is 2.20 bits per heavy atom. The van der Waals surface area contributed by atoms with Crippen LogP contribution in [0.4, 0.5) is 4.79 Å². The summed E-state index contributed by atoms with van der Waals surface area (Å²) in [6, 6.07) is 9.30. The Labute approximate surface area is 298 Å². The highest BCUT2D eigenvalue weighted by Gasteiger charge is 2.39. The van der Waals surface area contributed by atoms with Crippen molar-refractivity contribution in [2.75, 3.05) is 36.2 Å². The van der Waals surface area contributed by atoms with Crippen molar-refractivity contribution in [3.05, 3.63) is 48.0 Å². The minimum Gasteiger partial charge on any atom is -0.478 e. The molecule has 4 N–H and O–H groups in total. The number of carboxylic acid groups (broad SMARTS) is 2. The fraction of sp³-hybridized carbons (Fsp3) is 0.629. The standard InChI is InChI=1S/C31H48N4O4S2.C4H4O4/c1-31(2,3)39-30(38)35-22-41-21-27(35)29(37)33-26(20-40-19-24-12-8-5-9-13-24)28(36)32-25-14-16-34(17-15-25)18-23-10-6-4-7-11-23;5-3(6)1-2-4(7)8/h4,6-7,10-11,24-27H,5,8-9,12-22H2,1-3H3,(H,32,36)(H,33,37);1-2H,(H,5,6)(H,7,8)/b;2-1+/t26-,27-;/m0./s1. The molecule has 1 aromatic rings. The van der Waals surface area contributed by atoms with Gasteiger partial charge in [0.15, 0.2) is 0 Å². The van der Waals surface area contributed by atoms with Gasteiger partial charge in [-0.05, 0) is 63.7 Å². The molecule has 4 rings (SSSR count). The van der Waals surface area contributed by atoms with E-state index >= 15 is 0 Å². The van der Waals surface area contributed by atoms with Gasteiger partial charge >= 0.3 is 18.0 Å². The molecule has 0 unspecified atom stereocenters. The van der Waals surface area contributed by atoms with E-state index in [1.165, 1.54) is 54.3 Å². The molecule has 0 radical (unpaired) electrons. The molecule has 2 atom stereocenters. The quantitative estimate of drug-likeness (QED) is 0.223. The van der Waals surface area contributed by atoms with Gasteiger partial charge in [0.1, 0.15) is 17.7 Å². The summed E-state index contributed by atoms with van der Waals surface area (Å²) in [5.74, 6) is 0.225. The molecule has 2 heterocycles. The number of carbonyl (C=O) groups is 5. The van der Waals surface area contributed by atoms with Gasteiger partial charge < -0.3 is 25.6 Å². The number of amides is 3. The van der Waals surface area contributed by atoms with Crippen LogP contribution in [-0.4, -0.2) is 110 Å². The number of nitrogens with one attached hydrogen (secondary N) is 2. The second kappa shape index (κ2) is 20.4. The monoisotopic (exact) mass is 720 g/mol. The Hall–Kier alpha value is -3.23. The van der Waals surface area contributed by atoms with Crippen molar-refractivity contribution in [2.24, 2.45) is 5.92 Å². The van der Waals surface area contributed by atoms with Gasteiger partial charge in [-0.25, -0.2) is 14.4 Å². The fourth-order valence-corrected chi connectivity index (χ4v) is 8.25. The summed E-state index contributed by atoms with van der Waals surface area (Å²) in [7, 11) is 0. The number of likely N-dealkylation sites (tertiary alicyclic amines) is 1. The van der Waals surface area contributed by atoms with Crippen LogP contribution in [0.25, 0.3) is 0 Å². The zero-order valence-corrected chi connectivity index (χ0v) is 30.4. The highest BCUT2D eigenvalue weighted by molar-refractivity contribution is 7.99. The molecule has 1 aromatic carbocycles. The lowest BCUT2D eigenvalue weighted by Gasteiger charge is -2.33. The van der Waals surface area contributed by atoms with Crippen LogP contribution in [0.2, 0.25) is 0 Å². The Morgan fingerprint density at radius 2 is 1.61 bits per heavy atom. The number of thioether (sulfide) groups is 2. The van der Waals surface area contributed by atoms with Gasteiger partial charge in [-0.3, -0.25) is 19.4 Å². The van der Waals surface area contributed by atoms with E-state index < -0.39 is 35.7 Å². The first-order chi connectivity index (χ1) is 23.3. The van der Waals surface area contributed by atoms with Gasteiger partial charge in [0.25, 0.3) is 0 Å². The second-order valence-corrected chi connectivity index (χ2v) is 15.7. The topological polar surface area (TPSA) is 166 Å². The number of hydrogen-bond donors (Lipinski definition) is 4. The number of aliphatic carboxylic acids is 2. The molecule has 0 aromatic heterocycles. The number of carbonyl (C=O) groups excluding carboxylic acids is 3. The predicted molar refractivity (Wildman–Crippen MR) is 192 cm³/mol. The number of nitrogens with zero attached hydrogens (tertiary/aromatic N) is 2. The minimum atomic E-state index is -1.26. The number of benzene rings is 1. The van der Waals surface area contributed by atoms with Crippen LogP contribution >= 0.6 is 23.5 Å². The molecular formula is C35H52N4O8S2. The maximum Gasteiger partial charge on any atom is 0.411 e. The Bertz CT molecular complexity index is 1250. The maximum atomic E-state index is 13.6. The number of hydrogen-bond acceptors (Lipinski definition) is 9. The first kappa shape index (κ1) is 40.2. The number of rotatable bonds is 12. The van der Waals surface area contributed by atoms with E-state index in [0.717, 1.165) is 38.2 Å². The van der Waals surface area contributed by atoms with Crippen molar-refractivity contribution in [1.82, 2.24) is 20.4 Å². The summed E-state index contributed by atoms with van der Waals surface area (Å²) < 4.78 is 5.54. The summed E-state index contributed by atoms with van der Waals surface area (Å²) in [5, 5.41) is 21.9. The van der Waals surface area contributed by atoms with Gasteiger partial charge in [-0.15, -0.1) is 11.8 Å². The van der Waals surface area contributed by atoms with Crippen LogP contribution in [0.3, 0.4) is 0 Å². The molecule has 272 valence electrons. The Morgan fingerprint density at radius 1 is 0.980 bits per heavy atom.